The molecule has 0 saturated heterocycles. The van der Waals surface area contributed by atoms with E-state index in [1.165, 1.54) is 0 Å². The van der Waals surface area contributed by atoms with Crippen LogP contribution in [0.2, 0.25) is 0 Å². The highest BCUT2D eigenvalue weighted by Crippen LogP contribution is 1.98. The van der Waals surface area contributed by atoms with E-state index in [1.807, 2.05) is 6.92 Å². The van der Waals surface area contributed by atoms with Gasteiger partial charge < -0.3 is 14.8 Å². The van der Waals surface area contributed by atoms with Gasteiger partial charge in [-0.2, -0.15) is 12.6 Å². The number of thiol groups is 2. The predicted octanol–water partition coefficient (Wildman–Crippen LogP) is -0.613. The van der Waals surface area contributed by atoms with Gasteiger partial charge in [-0.3, -0.25) is 10.1 Å². The van der Waals surface area contributed by atoms with E-state index in [2.05, 4.69) is 28.6 Å². The lowest BCUT2D eigenvalue weighted by atomic mass is 10.3. The molecule has 0 saturated carbocycles. The van der Waals surface area contributed by atoms with Crippen molar-refractivity contribution in [3.63, 3.8) is 0 Å². The first-order chi connectivity index (χ1) is 7.69. The number of carbonyl (C=O) groups excluding carboxylic acids is 1. The zero-order valence-corrected chi connectivity index (χ0v) is 11.7. The SMILES string of the molecule is CCNC(=[SH]OC)C(CS)NC(=O)CNC. The predicted molar refractivity (Wildman–Crippen MR) is 74.4 cm³/mol. The van der Waals surface area contributed by atoms with Crippen molar-refractivity contribution in [2.75, 3.05) is 33.0 Å². The molecule has 0 heterocycles. The van der Waals surface area contributed by atoms with Gasteiger partial charge in [0.2, 0.25) is 5.91 Å². The molecule has 0 aliphatic heterocycles. The number of nitrogens with one attached hydrogen (secondary N) is 3. The number of hydrogen-bond donors (Lipinski definition) is 5. The minimum atomic E-state index is -0.120. The Morgan fingerprint density at radius 1 is 1.56 bits per heavy atom. The van der Waals surface area contributed by atoms with Crippen LogP contribution >= 0.6 is 24.3 Å². The molecule has 1 atom stereocenters. The highest BCUT2D eigenvalue weighted by Gasteiger charge is 2.14. The van der Waals surface area contributed by atoms with Crippen LogP contribution in [0, 0.1) is 0 Å². The standard InChI is InChI=1S/C9H21N3O2S2/c1-4-11-9(16-14-3)7(6-15)12-8(13)5-10-2/h7,10-11,15-16H,4-6H2,1-3H3,(H,12,13). The summed E-state index contributed by atoms with van der Waals surface area (Å²) in [5, 5.41) is 8.85. The van der Waals surface area contributed by atoms with Crippen LogP contribution in [-0.4, -0.2) is 49.9 Å². The lowest BCUT2D eigenvalue weighted by Crippen LogP contribution is -2.49. The quantitative estimate of drug-likeness (QED) is 0.315. The van der Waals surface area contributed by atoms with Crippen molar-refractivity contribution in [1.82, 2.24) is 16.0 Å². The molecule has 16 heavy (non-hydrogen) atoms. The third-order valence-corrected chi connectivity index (χ3v) is 2.95. The highest BCUT2D eigenvalue weighted by atomic mass is 32.2. The van der Waals surface area contributed by atoms with Gasteiger partial charge in [0.1, 0.15) is 0 Å². The van der Waals surface area contributed by atoms with Crippen molar-refractivity contribution in [1.29, 1.82) is 0 Å². The second-order valence-electron chi connectivity index (χ2n) is 3.02. The Bertz CT molecular complexity index is 237. The van der Waals surface area contributed by atoms with Gasteiger partial charge in [0.25, 0.3) is 0 Å². The number of hydrogen-bond acceptors (Lipinski definition) is 4. The van der Waals surface area contributed by atoms with E-state index in [0.29, 0.717) is 12.3 Å². The summed E-state index contributed by atoms with van der Waals surface area (Å²) in [7, 11) is 3.35. The van der Waals surface area contributed by atoms with E-state index in [9.17, 15) is 4.79 Å². The average molecular weight is 267 g/mol. The Morgan fingerprint density at radius 3 is 2.69 bits per heavy atom. The second-order valence-corrected chi connectivity index (χ2v) is 4.42. The molecule has 0 aromatic carbocycles. The first-order valence-electron chi connectivity index (χ1n) is 5.09. The van der Waals surface area contributed by atoms with Crippen molar-refractivity contribution >= 4 is 35.2 Å². The van der Waals surface area contributed by atoms with E-state index < -0.39 is 0 Å². The molecule has 0 rings (SSSR count). The average Bonchev–Trinajstić information content (AvgIpc) is 2.26. The van der Waals surface area contributed by atoms with Crippen LogP contribution in [-0.2, 0) is 8.98 Å². The molecule has 0 aliphatic carbocycles. The summed E-state index contributed by atoms with van der Waals surface area (Å²) in [5.74, 6) is 0.483. The zero-order valence-electron chi connectivity index (χ0n) is 9.91. The molecular weight excluding hydrogens is 246 g/mol. The summed E-state index contributed by atoms with van der Waals surface area (Å²) in [4.78, 5) is 12.4. The lowest BCUT2D eigenvalue weighted by Gasteiger charge is -2.20. The second kappa shape index (κ2) is 10.1. The fourth-order valence-corrected chi connectivity index (χ4v) is 2.23. The van der Waals surface area contributed by atoms with Crippen LogP contribution in [0.25, 0.3) is 0 Å². The van der Waals surface area contributed by atoms with Gasteiger partial charge in [0.05, 0.1) is 17.6 Å². The molecule has 5 nitrogen and oxygen atoms in total. The summed E-state index contributed by atoms with van der Waals surface area (Å²) in [6, 6.07) is -0.120. The van der Waals surface area contributed by atoms with Crippen LogP contribution in [0.1, 0.15) is 6.92 Å². The molecule has 0 bridgehead atoms. The molecule has 96 valence electrons. The Labute approximate surface area is 106 Å². The topological polar surface area (TPSA) is 62.4 Å². The number of rotatable bonds is 7. The highest BCUT2D eigenvalue weighted by molar-refractivity contribution is 7.94. The summed E-state index contributed by atoms with van der Waals surface area (Å²) in [5.41, 5.74) is 0. The van der Waals surface area contributed by atoms with E-state index in [-0.39, 0.29) is 11.9 Å². The molecule has 0 spiro atoms. The van der Waals surface area contributed by atoms with E-state index in [0.717, 1.165) is 23.2 Å². The van der Waals surface area contributed by atoms with Crippen LogP contribution < -0.4 is 16.0 Å². The normalized spacial score (nSPS) is 14.1. The van der Waals surface area contributed by atoms with Crippen molar-refractivity contribution in [3.05, 3.63) is 0 Å². The van der Waals surface area contributed by atoms with Crippen LogP contribution in [0.15, 0.2) is 0 Å². The van der Waals surface area contributed by atoms with Crippen LogP contribution in [0.3, 0.4) is 0 Å². The summed E-state index contributed by atoms with van der Waals surface area (Å²) in [6.07, 6.45) is 0. The maximum Gasteiger partial charge on any atom is 0.234 e. The number of carbonyl (C=O) groups is 1. The van der Waals surface area contributed by atoms with Gasteiger partial charge in [-0.1, -0.05) is 18.6 Å². The Morgan fingerprint density at radius 2 is 2.25 bits per heavy atom. The minimum Gasteiger partial charge on any atom is -0.346 e. The minimum absolute atomic E-state index is 0.0525. The van der Waals surface area contributed by atoms with Gasteiger partial charge in [0, 0.05) is 12.9 Å². The fraction of sp³-hybridized carbons (Fsp3) is 0.778. The van der Waals surface area contributed by atoms with Crippen molar-refractivity contribution in [2.24, 2.45) is 0 Å². The third-order valence-electron chi connectivity index (χ3n) is 1.73. The summed E-state index contributed by atoms with van der Waals surface area (Å²) in [6.45, 7) is 3.08. The van der Waals surface area contributed by atoms with Gasteiger partial charge in [-0.25, -0.2) is 0 Å². The van der Waals surface area contributed by atoms with E-state index in [4.69, 9.17) is 4.18 Å². The maximum absolute atomic E-state index is 11.4. The molecular formula is C9H21N3O2S2. The third kappa shape index (κ3) is 6.49. The number of likely N-dealkylation sites (N-methyl/N-ethyl adjacent to an activating group) is 2. The molecule has 7 heteroatoms. The van der Waals surface area contributed by atoms with Gasteiger partial charge in [-0.15, -0.1) is 0 Å². The summed E-state index contributed by atoms with van der Waals surface area (Å²) >= 11 is 4.95. The Kier molecular flexibility index (Phi) is 10.0. The smallest absolute Gasteiger partial charge is 0.234 e. The van der Waals surface area contributed by atoms with Gasteiger partial charge in [-0.05, 0) is 13.6 Å². The van der Waals surface area contributed by atoms with Crippen LogP contribution in [0.4, 0.5) is 0 Å². The first-order valence-corrected chi connectivity index (χ1v) is 6.53. The van der Waals surface area contributed by atoms with E-state index >= 15 is 0 Å². The largest absolute Gasteiger partial charge is 0.346 e. The molecule has 0 aliphatic rings. The molecule has 0 aromatic heterocycles. The van der Waals surface area contributed by atoms with Crippen molar-refractivity contribution in [3.8, 4) is 0 Å². The van der Waals surface area contributed by atoms with Crippen molar-refractivity contribution < 1.29 is 8.98 Å². The maximum atomic E-state index is 11.4. The number of amides is 1. The molecule has 0 fully saturated rings. The summed E-state index contributed by atoms with van der Waals surface area (Å²) < 4.78 is 5.05. The fourth-order valence-electron chi connectivity index (χ4n) is 1.10. The molecule has 0 radical (unpaired) electrons. The molecule has 3 N–H and O–H groups in total. The lowest BCUT2D eigenvalue weighted by molar-refractivity contribution is -0.120. The molecule has 1 unspecified atom stereocenters. The molecule has 0 aromatic rings. The van der Waals surface area contributed by atoms with Crippen molar-refractivity contribution in [2.45, 2.75) is 13.0 Å². The van der Waals surface area contributed by atoms with Gasteiger partial charge in [0.15, 0.2) is 0 Å². The zero-order chi connectivity index (χ0) is 12.4. The van der Waals surface area contributed by atoms with Gasteiger partial charge >= 0.3 is 0 Å². The first kappa shape index (κ1) is 15.9. The Balaban J connectivity index is 4.42. The molecule has 1 amide bonds. The monoisotopic (exact) mass is 267 g/mol. The van der Waals surface area contributed by atoms with Crippen LogP contribution in [0.5, 0.6) is 0 Å². The Hall–Kier alpha value is -0.0800. The van der Waals surface area contributed by atoms with E-state index in [1.54, 1.807) is 14.2 Å².